The summed E-state index contributed by atoms with van der Waals surface area (Å²) in [7, 11) is 0.730. The Bertz CT molecular complexity index is 1560. The zero-order chi connectivity index (χ0) is 23.2. The molecule has 0 bridgehead atoms. The molecule has 5 aromatic rings. The van der Waals surface area contributed by atoms with Gasteiger partial charge in [-0.25, -0.2) is 0 Å². The van der Waals surface area contributed by atoms with Crippen molar-refractivity contribution in [3.05, 3.63) is 132 Å². The number of hydrogen-bond acceptors (Lipinski definition) is 0. The van der Waals surface area contributed by atoms with E-state index in [1.165, 1.54) is 46.0 Å². The Morgan fingerprint density at radius 1 is 0.595 bits per heavy atom. The third-order valence-electron chi connectivity index (χ3n) is 7.49. The summed E-state index contributed by atoms with van der Waals surface area (Å²) in [5.74, 6) is 0.700. The number of rotatable bonds is 5. The Labute approximate surface area is 242 Å². The van der Waals surface area contributed by atoms with Crippen LogP contribution in [0.3, 0.4) is 0 Å². The fourth-order valence-corrected chi connectivity index (χ4v) is 10.8. The van der Waals surface area contributed by atoms with Gasteiger partial charge in [0, 0.05) is 0 Å². The average Bonchev–Trinajstić information content (AvgIpc) is 3.38. The molecular formula is C33H25Cl2PTi. The molecule has 0 spiro atoms. The predicted octanol–water partition coefficient (Wildman–Crippen LogP) is 2.74. The maximum absolute atomic E-state index is 2.39. The minimum absolute atomic E-state index is 0. The fraction of sp³-hybridized carbons (Fsp3) is 0.0909. The molecule has 37 heavy (non-hydrogen) atoms. The number of halogens is 2. The summed E-state index contributed by atoms with van der Waals surface area (Å²) >= 11 is -0.441. The van der Waals surface area contributed by atoms with Crippen LogP contribution in [0.15, 0.2) is 121 Å². The normalized spacial score (nSPS) is 15.2. The minimum atomic E-state index is -0.441. The van der Waals surface area contributed by atoms with E-state index in [0.29, 0.717) is 5.92 Å². The third-order valence-corrected chi connectivity index (χ3v) is 12.0. The average molecular weight is 571 g/mol. The SMILES string of the molecule is [Cl-].[Cl-].c1ccc(-c2[pH][c]([Ti+2][C]3=C4CCC4c4ccccc43)c(-c3ccccc3)c2-c2ccccc2)cc1. The molecule has 4 heteroatoms. The Morgan fingerprint density at radius 3 is 1.73 bits per heavy atom. The van der Waals surface area contributed by atoms with E-state index in [0.717, 1.165) is 8.19 Å². The van der Waals surface area contributed by atoms with Gasteiger partial charge in [-0.3, -0.25) is 0 Å². The van der Waals surface area contributed by atoms with Gasteiger partial charge in [0.25, 0.3) is 0 Å². The van der Waals surface area contributed by atoms with Crippen LogP contribution in [0, 0.1) is 0 Å². The number of allylic oxidation sites excluding steroid dienone is 1. The molecule has 0 amide bonds. The van der Waals surface area contributed by atoms with Crippen LogP contribution in [0.1, 0.15) is 29.9 Å². The van der Waals surface area contributed by atoms with Crippen LogP contribution in [0.25, 0.3) is 37.0 Å². The van der Waals surface area contributed by atoms with Crippen LogP contribution < -0.4 is 28.4 Å². The van der Waals surface area contributed by atoms with E-state index in [-0.39, 0.29) is 24.8 Å². The van der Waals surface area contributed by atoms with Crippen LogP contribution in [0.4, 0.5) is 0 Å². The zero-order valence-corrected chi connectivity index (χ0v) is 24.3. The second kappa shape index (κ2) is 11.2. The number of benzene rings is 4. The molecule has 0 radical (unpaired) electrons. The first-order chi connectivity index (χ1) is 17.4. The summed E-state index contributed by atoms with van der Waals surface area (Å²) < 4.78 is 3.44. The molecule has 1 fully saturated rings. The maximum atomic E-state index is 2.39. The second-order valence-electron chi connectivity index (χ2n) is 9.43. The summed E-state index contributed by atoms with van der Waals surface area (Å²) in [6.07, 6.45) is 2.62. The second-order valence-corrected chi connectivity index (χ2v) is 13.4. The Morgan fingerprint density at radius 2 is 1.14 bits per heavy atom. The van der Waals surface area contributed by atoms with Gasteiger partial charge in [0.05, 0.1) is 0 Å². The van der Waals surface area contributed by atoms with E-state index in [1.807, 2.05) is 0 Å². The molecule has 1 saturated carbocycles. The molecule has 0 nitrogen and oxygen atoms in total. The van der Waals surface area contributed by atoms with Crippen molar-refractivity contribution in [3.63, 3.8) is 0 Å². The monoisotopic (exact) mass is 570 g/mol. The molecule has 0 N–H and O–H groups in total. The number of hydrogen-bond donors (Lipinski definition) is 0. The molecule has 2 atom stereocenters. The van der Waals surface area contributed by atoms with Crippen LogP contribution >= 0.6 is 8.19 Å². The summed E-state index contributed by atoms with van der Waals surface area (Å²) in [6.45, 7) is 0. The van der Waals surface area contributed by atoms with Gasteiger partial charge >= 0.3 is 219 Å². The molecular weight excluding hydrogens is 546 g/mol. The van der Waals surface area contributed by atoms with Gasteiger partial charge in [0.15, 0.2) is 0 Å². The molecule has 7 rings (SSSR count). The molecule has 2 aliphatic carbocycles. The van der Waals surface area contributed by atoms with Gasteiger partial charge < -0.3 is 24.8 Å². The van der Waals surface area contributed by atoms with Gasteiger partial charge in [-0.2, -0.15) is 0 Å². The van der Waals surface area contributed by atoms with Crippen molar-refractivity contribution in [2.45, 2.75) is 18.8 Å². The van der Waals surface area contributed by atoms with E-state index in [4.69, 9.17) is 0 Å². The molecule has 1 aromatic heterocycles. The number of fused-ring (bicyclic) bond motifs is 3. The fourth-order valence-electron chi connectivity index (χ4n) is 5.75. The Kier molecular flexibility index (Phi) is 7.97. The van der Waals surface area contributed by atoms with Crippen molar-refractivity contribution in [1.82, 2.24) is 0 Å². The van der Waals surface area contributed by atoms with E-state index in [1.54, 1.807) is 24.2 Å². The zero-order valence-electron chi connectivity index (χ0n) is 20.2. The van der Waals surface area contributed by atoms with Gasteiger partial charge in [0.1, 0.15) is 0 Å². The van der Waals surface area contributed by atoms with Gasteiger partial charge in [-0.05, 0) is 0 Å². The van der Waals surface area contributed by atoms with Crippen molar-refractivity contribution < 1.29 is 44.0 Å². The predicted molar refractivity (Wildman–Crippen MR) is 147 cm³/mol. The summed E-state index contributed by atoms with van der Waals surface area (Å²) in [5.41, 5.74) is 11.9. The van der Waals surface area contributed by atoms with E-state index < -0.39 is 19.2 Å². The first-order valence-corrected chi connectivity index (χ1v) is 15.0. The first-order valence-electron chi connectivity index (χ1n) is 12.4. The van der Waals surface area contributed by atoms with Crippen molar-refractivity contribution in [2.75, 3.05) is 0 Å². The Hall–Kier alpha value is -2.31. The quantitative estimate of drug-likeness (QED) is 0.285. The van der Waals surface area contributed by atoms with E-state index in [9.17, 15) is 0 Å². The molecule has 180 valence electrons. The van der Waals surface area contributed by atoms with Crippen molar-refractivity contribution in [3.8, 4) is 33.1 Å². The van der Waals surface area contributed by atoms with Crippen molar-refractivity contribution in [1.29, 1.82) is 0 Å². The summed E-state index contributed by atoms with van der Waals surface area (Å²) in [4.78, 5) is 0. The van der Waals surface area contributed by atoms with Gasteiger partial charge in [-0.15, -0.1) is 0 Å². The first kappa shape index (κ1) is 26.3. The van der Waals surface area contributed by atoms with E-state index >= 15 is 0 Å². The third kappa shape index (κ3) is 4.61. The van der Waals surface area contributed by atoms with E-state index in [2.05, 4.69) is 115 Å². The van der Waals surface area contributed by atoms with Crippen molar-refractivity contribution >= 4 is 15.7 Å². The van der Waals surface area contributed by atoms with Gasteiger partial charge in [0.2, 0.25) is 0 Å². The van der Waals surface area contributed by atoms with Gasteiger partial charge in [-0.1, -0.05) is 0 Å². The Balaban J connectivity index is 0.00000140. The molecule has 0 aliphatic heterocycles. The molecule has 1 heterocycles. The summed E-state index contributed by atoms with van der Waals surface area (Å²) in [6, 6.07) is 42.6. The van der Waals surface area contributed by atoms with Crippen molar-refractivity contribution in [2.24, 2.45) is 0 Å². The standard InChI is InChI=1S/C22H16P.C11H9.2ClH.Ti/c1-4-10-17(11-5-1)20-16-23-22(19-14-8-3-9-15-19)21(20)18-12-6-2-7-13-18;1-2-4-10-8(3-1)7-9-5-6-11(9)10;;;/h1-15,23H;1-4,11H,5-6H2;2*1H;/q;;;;+2/p-2. The molecule has 4 aromatic carbocycles. The molecule has 0 saturated heterocycles. The topological polar surface area (TPSA) is 0 Å². The summed E-state index contributed by atoms with van der Waals surface area (Å²) in [5, 5.41) is 1.51. The van der Waals surface area contributed by atoms with Crippen LogP contribution in [-0.4, -0.2) is 0 Å². The molecule has 2 unspecified atom stereocenters. The van der Waals surface area contributed by atoms with Crippen LogP contribution in [0.5, 0.6) is 0 Å². The van der Waals surface area contributed by atoms with Crippen LogP contribution in [-0.2, 0) is 19.2 Å². The van der Waals surface area contributed by atoms with Crippen LogP contribution in [0.2, 0.25) is 0 Å². The molecule has 2 aliphatic rings.